The van der Waals surface area contributed by atoms with Gasteiger partial charge in [-0.2, -0.15) is 0 Å². The third-order valence-corrected chi connectivity index (χ3v) is 3.15. The lowest BCUT2D eigenvalue weighted by atomic mass is 9.68. The van der Waals surface area contributed by atoms with Crippen molar-refractivity contribution in [2.45, 2.75) is 58.0 Å². The molecular weight excluding hydrogens is 162 g/mol. The van der Waals surface area contributed by atoms with Gasteiger partial charge in [0.15, 0.2) is 0 Å². The number of hydrogen-bond acceptors (Lipinski definition) is 2. The van der Waals surface area contributed by atoms with Gasteiger partial charge in [0, 0.05) is 0 Å². The van der Waals surface area contributed by atoms with Gasteiger partial charge in [0.2, 0.25) is 0 Å². The largest absolute Gasteiger partial charge is 0.390 e. The molecule has 1 rings (SSSR count). The standard InChI is InChI=1S/C11H23NO/c1-10(2,13)8-11(9-12)6-4-3-5-7-11/h13H,3-9,12H2,1-2H3. The lowest BCUT2D eigenvalue weighted by Crippen LogP contribution is -2.39. The van der Waals surface area contributed by atoms with Crippen molar-refractivity contribution in [1.82, 2.24) is 0 Å². The smallest absolute Gasteiger partial charge is 0.0597 e. The third-order valence-electron chi connectivity index (χ3n) is 3.15. The highest BCUT2D eigenvalue weighted by Gasteiger charge is 2.35. The summed E-state index contributed by atoms with van der Waals surface area (Å²) in [4.78, 5) is 0. The maximum absolute atomic E-state index is 9.81. The summed E-state index contributed by atoms with van der Waals surface area (Å²) in [7, 11) is 0. The minimum Gasteiger partial charge on any atom is -0.390 e. The maximum atomic E-state index is 9.81. The Morgan fingerprint density at radius 2 is 1.77 bits per heavy atom. The molecule has 0 heterocycles. The fourth-order valence-corrected chi connectivity index (χ4v) is 2.67. The monoisotopic (exact) mass is 185 g/mol. The zero-order valence-electron chi connectivity index (χ0n) is 8.97. The van der Waals surface area contributed by atoms with Crippen molar-refractivity contribution in [3.05, 3.63) is 0 Å². The fourth-order valence-electron chi connectivity index (χ4n) is 2.67. The first-order chi connectivity index (χ1) is 5.97. The van der Waals surface area contributed by atoms with E-state index in [1.807, 2.05) is 13.8 Å². The van der Waals surface area contributed by atoms with Gasteiger partial charge in [-0.15, -0.1) is 0 Å². The van der Waals surface area contributed by atoms with Crippen LogP contribution in [-0.2, 0) is 0 Å². The Morgan fingerprint density at radius 1 is 1.23 bits per heavy atom. The van der Waals surface area contributed by atoms with Crippen LogP contribution in [0.1, 0.15) is 52.4 Å². The van der Waals surface area contributed by atoms with Gasteiger partial charge in [-0.3, -0.25) is 0 Å². The second-order valence-corrected chi connectivity index (χ2v) is 5.25. The summed E-state index contributed by atoms with van der Waals surface area (Å²) in [6, 6.07) is 0. The van der Waals surface area contributed by atoms with Crippen LogP contribution >= 0.6 is 0 Å². The summed E-state index contributed by atoms with van der Waals surface area (Å²) in [5.41, 5.74) is 5.51. The first-order valence-corrected chi connectivity index (χ1v) is 5.40. The molecule has 0 saturated heterocycles. The molecule has 0 amide bonds. The van der Waals surface area contributed by atoms with Crippen molar-refractivity contribution in [2.75, 3.05) is 6.54 Å². The van der Waals surface area contributed by atoms with Gasteiger partial charge in [-0.05, 0) is 45.1 Å². The Labute approximate surface area is 81.5 Å². The van der Waals surface area contributed by atoms with Gasteiger partial charge >= 0.3 is 0 Å². The molecule has 0 spiro atoms. The Balaban J connectivity index is 2.57. The summed E-state index contributed by atoms with van der Waals surface area (Å²) in [6.45, 7) is 4.51. The van der Waals surface area contributed by atoms with Crippen molar-refractivity contribution < 1.29 is 5.11 Å². The minimum absolute atomic E-state index is 0.233. The highest BCUT2D eigenvalue weighted by Crippen LogP contribution is 2.41. The van der Waals surface area contributed by atoms with Gasteiger partial charge in [0.1, 0.15) is 0 Å². The van der Waals surface area contributed by atoms with Crippen LogP contribution < -0.4 is 5.73 Å². The first-order valence-electron chi connectivity index (χ1n) is 5.40. The van der Waals surface area contributed by atoms with Crippen molar-refractivity contribution in [3.63, 3.8) is 0 Å². The zero-order valence-corrected chi connectivity index (χ0v) is 8.97. The van der Waals surface area contributed by atoms with Crippen molar-refractivity contribution in [3.8, 4) is 0 Å². The van der Waals surface area contributed by atoms with E-state index in [0.29, 0.717) is 0 Å². The molecule has 13 heavy (non-hydrogen) atoms. The highest BCUT2D eigenvalue weighted by molar-refractivity contribution is 4.88. The van der Waals surface area contributed by atoms with Crippen LogP contribution in [0.15, 0.2) is 0 Å². The van der Waals surface area contributed by atoms with Crippen molar-refractivity contribution in [1.29, 1.82) is 0 Å². The minimum atomic E-state index is -0.559. The molecule has 0 bridgehead atoms. The van der Waals surface area contributed by atoms with Gasteiger partial charge in [0.05, 0.1) is 5.60 Å². The number of rotatable bonds is 3. The summed E-state index contributed by atoms with van der Waals surface area (Å²) < 4.78 is 0. The molecule has 0 atom stereocenters. The topological polar surface area (TPSA) is 46.2 Å². The van der Waals surface area contributed by atoms with E-state index in [9.17, 15) is 5.11 Å². The number of hydrogen-bond donors (Lipinski definition) is 2. The van der Waals surface area contributed by atoms with E-state index < -0.39 is 5.60 Å². The molecule has 0 aliphatic heterocycles. The maximum Gasteiger partial charge on any atom is 0.0597 e. The quantitative estimate of drug-likeness (QED) is 0.707. The Kier molecular flexibility index (Phi) is 3.36. The second-order valence-electron chi connectivity index (χ2n) is 5.25. The molecule has 1 fully saturated rings. The van der Waals surface area contributed by atoms with Crippen LogP contribution in [0.2, 0.25) is 0 Å². The van der Waals surface area contributed by atoms with Gasteiger partial charge < -0.3 is 10.8 Å². The summed E-state index contributed by atoms with van der Waals surface area (Å²) >= 11 is 0. The van der Waals surface area contributed by atoms with Crippen LogP contribution in [0, 0.1) is 5.41 Å². The summed E-state index contributed by atoms with van der Waals surface area (Å²) in [5.74, 6) is 0. The van der Waals surface area contributed by atoms with E-state index in [0.717, 1.165) is 13.0 Å². The van der Waals surface area contributed by atoms with E-state index in [2.05, 4.69) is 0 Å². The molecule has 0 aromatic rings. The normalized spacial score (nSPS) is 23.1. The SMILES string of the molecule is CC(C)(O)CC1(CN)CCCCC1. The molecule has 78 valence electrons. The first kappa shape index (κ1) is 11.0. The molecular formula is C11H23NO. The van der Waals surface area contributed by atoms with Crippen LogP contribution in [-0.4, -0.2) is 17.3 Å². The molecule has 0 radical (unpaired) electrons. The number of aliphatic hydroxyl groups is 1. The second kappa shape index (κ2) is 3.97. The highest BCUT2D eigenvalue weighted by atomic mass is 16.3. The van der Waals surface area contributed by atoms with Gasteiger partial charge in [0.25, 0.3) is 0 Å². The van der Waals surface area contributed by atoms with Crippen molar-refractivity contribution >= 4 is 0 Å². The Hall–Kier alpha value is -0.0800. The molecule has 2 nitrogen and oxygen atoms in total. The molecule has 3 N–H and O–H groups in total. The lowest BCUT2D eigenvalue weighted by Gasteiger charge is -2.40. The average Bonchev–Trinajstić information content (AvgIpc) is 2.03. The van der Waals surface area contributed by atoms with E-state index in [1.54, 1.807) is 0 Å². The predicted molar refractivity (Wildman–Crippen MR) is 55.5 cm³/mol. The molecule has 0 unspecified atom stereocenters. The van der Waals surface area contributed by atoms with E-state index in [4.69, 9.17) is 5.73 Å². The Bertz CT molecular complexity index is 154. The Morgan fingerprint density at radius 3 is 2.15 bits per heavy atom. The average molecular weight is 185 g/mol. The van der Waals surface area contributed by atoms with Crippen LogP contribution in [0.25, 0.3) is 0 Å². The molecule has 0 aromatic heterocycles. The fraction of sp³-hybridized carbons (Fsp3) is 1.00. The number of nitrogens with two attached hydrogens (primary N) is 1. The van der Waals surface area contributed by atoms with Gasteiger partial charge in [-0.1, -0.05) is 19.3 Å². The summed E-state index contributed by atoms with van der Waals surface area (Å²) in [5, 5.41) is 9.81. The van der Waals surface area contributed by atoms with E-state index >= 15 is 0 Å². The van der Waals surface area contributed by atoms with Crippen LogP contribution in [0.3, 0.4) is 0 Å². The van der Waals surface area contributed by atoms with Crippen LogP contribution in [0.4, 0.5) is 0 Å². The molecule has 1 saturated carbocycles. The summed E-state index contributed by atoms with van der Waals surface area (Å²) in [6.07, 6.45) is 7.17. The van der Waals surface area contributed by atoms with Crippen LogP contribution in [0.5, 0.6) is 0 Å². The van der Waals surface area contributed by atoms with Gasteiger partial charge in [-0.25, -0.2) is 0 Å². The molecule has 0 aromatic carbocycles. The molecule has 1 aliphatic carbocycles. The van der Waals surface area contributed by atoms with Crippen molar-refractivity contribution in [2.24, 2.45) is 11.1 Å². The van der Waals surface area contributed by atoms with E-state index in [1.165, 1.54) is 32.1 Å². The third kappa shape index (κ3) is 3.28. The molecule has 2 heteroatoms. The molecule has 1 aliphatic rings. The zero-order chi connectivity index (χ0) is 9.95. The predicted octanol–water partition coefficient (Wildman–Crippen LogP) is 2.06. The van der Waals surface area contributed by atoms with E-state index in [-0.39, 0.29) is 5.41 Å². The lowest BCUT2D eigenvalue weighted by molar-refractivity contribution is 0.00893.